The minimum absolute atomic E-state index is 0. The van der Waals surface area contributed by atoms with Gasteiger partial charge in [0.25, 0.3) is 0 Å². The van der Waals surface area contributed by atoms with Crippen molar-refractivity contribution in [3.8, 4) is 0 Å². The summed E-state index contributed by atoms with van der Waals surface area (Å²) >= 11 is 0. The average molecular weight is 404 g/mol. The molecule has 0 unspecified atom stereocenters. The first-order valence-corrected chi connectivity index (χ1v) is 8.30. The van der Waals surface area contributed by atoms with E-state index in [1.54, 1.807) is 0 Å². The van der Waals surface area contributed by atoms with Crippen LogP contribution < -0.4 is 0 Å². The summed E-state index contributed by atoms with van der Waals surface area (Å²) in [5, 5.41) is 0. The van der Waals surface area contributed by atoms with Gasteiger partial charge in [-0.2, -0.15) is 0 Å². The fourth-order valence-corrected chi connectivity index (χ4v) is 2.43. The summed E-state index contributed by atoms with van der Waals surface area (Å²) in [5.41, 5.74) is 4.05. The van der Waals surface area contributed by atoms with Crippen LogP contribution in [0.4, 0.5) is 0 Å². The zero-order valence-electron chi connectivity index (χ0n) is 14.7. The fraction of sp³-hybridized carbons (Fsp3) is 0.130. The van der Waals surface area contributed by atoms with E-state index in [-0.39, 0.29) is 32.7 Å². The molecule has 0 spiro atoms. The predicted octanol–water partition coefficient (Wildman–Crippen LogP) is 6.05. The number of nitrogens with zero attached hydrogens (tertiary/aromatic N) is 1. The Morgan fingerprint density at radius 2 is 1.52 bits per heavy atom. The monoisotopic (exact) mass is 404 g/mol. The van der Waals surface area contributed by atoms with Gasteiger partial charge >= 0.3 is 0 Å². The number of fused-ring (bicyclic) bond motifs is 1. The zero-order valence-corrected chi connectivity index (χ0v) is 17.6. The molecule has 25 heavy (non-hydrogen) atoms. The van der Waals surface area contributed by atoms with E-state index < -0.39 is 0 Å². The third-order valence-electron chi connectivity index (χ3n) is 3.76. The molecule has 0 saturated carbocycles. The Hall–Kier alpha value is -1.44. The molecule has 4 rings (SSSR count). The quantitative estimate of drug-likeness (QED) is 0.524. The van der Waals surface area contributed by atoms with Crippen LogP contribution >= 0.6 is 0 Å². The average Bonchev–Trinajstić information content (AvgIpc) is 3.13. The van der Waals surface area contributed by atoms with Gasteiger partial charge in [-0.15, -0.1) is 6.42 Å². The fourth-order valence-electron chi connectivity index (χ4n) is 2.43. The van der Waals surface area contributed by atoms with Crippen LogP contribution in [0, 0.1) is 14.0 Å². The summed E-state index contributed by atoms with van der Waals surface area (Å²) < 4.78 is 0. The van der Waals surface area contributed by atoms with Crippen molar-refractivity contribution in [2.75, 3.05) is 0 Å². The Morgan fingerprint density at radius 3 is 2.04 bits per heavy atom. The molecule has 1 aliphatic heterocycles. The maximum Gasteiger partial charge on any atom is 0 e. The van der Waals surface area contributed by atoms with E-state index in [1.165, 1.54) is 16.8 Å². The van der Waals surface area contributed by atoms with E-state index in [2.05, 4.69) is 62.5 Å². The first-order valence-electron chi connectivity index (χ1n) is 8.30. The van der Waals surface area contributed by atoms with Crippen LogP contribution in [0.25, 0.3) is 6.08 Å². The van der Waals surface area contributed by atoms with Gasteiger partial charge in [0.2, 0.25) is 0 Å². The number of hydrogen-bond donors (Lipinski definition) is 0. The molecule has 0 amide bonds. The van der Waals surface area contributed by atoms with Crippen LogP contribution in [-0.4, -0.2) is 4.90 Å². The maximum atomic E-state index is 3.79. The van der Waals surface area contributed by atoms with Gasteiger partial charge in [0.1, 0.15) is 0 Å². The van der Waals surface area contributed by atoms with Crippen LogP contribution in [0.3, 0.4) is 0 Å². The van der Waals surface area contributed by atoms with E-state index in [0.717, 1.165) is 19.3 Å². The largest absolute Gasteiger partial charge is 0.509 e. The van der Waals surface area contributed by atoms with Gasteiger partial charge in [0.15, 0.2) is 0 Å². The molecule has 1 aliphatic carbocycles. The molecule has 0 aromatic heterocycles. The third-order valence-corrected chi connectivity index (χ3v) is 3.76. The van der Waals surface area contributed by atoms with Crippen molar-refractivity contribution in [3.63, 3.8) is 0 Å². The second-order valence-corrected chi connectivity index (χ2v) is 5.50. The minimum atomic E-state index is 0. The molecule has 0 saturated heterocycles. The van der Waals surface area contributed by atoms with E-state index in [0.29, 0.717) is 0 Å². The van der Waals surface area contributed by atoms with Gasteiger partial charge in [0.05, 0.1) is 0 Å². The number of benzene rings is 2. The SMILES string of the molecule is C1=Cc2ccccc2C1.[CH2-]CC1=CCC=CN1[CH2-].[Y].c1ccccc1. The molecular formula is C23H25NY-2. The molecule has 1 nitrogen and oxygen atoms in total. The Kier molecular flexibility index (Phi) is 11.1. The van der Waals surface area contributed by atoms with E-state index >= 15 is 0 Å². The summed E-state index contributed by atoms with van der Waals surface area (Å²) in [4.78, 5) is 1.86. The first-order chi connectivity index (χ1) is 11.8. The molecule has 2 heteroatoms. The first kappa shape index (κ1) is 21.6. The molecule has 0 N–H and O–H groups in total. The van der Waals surface area contributed by atoms with Gasteiger partial charge in [-0.1, -0.05) is 85.0 Å². The van der Waals surface area contributed by atoms with Gasteiger partial charge in [-0.05, 0) is 35.9 Å². The van der Waals surface area contributed by atoms with Crippen LogP contribution in [0.1, 0.15) is 24.0 Å². The topological polar surface area (TPSA) is 3.24 Å². The normalized spacial score (nSPS) is 13.4. The standard InChI is InChI=1S/C9H8.C8H11N.C6H6.Y/c1-2-5-9-7-3-6-8(9)4-1;1-3-8-6-4-5-7-9(8)2;1-2-4-6-5-3-1;/h1-6H,7H2;5-7H,1-4H2;1-6H;/q;-2;;. The Labute approximate surface area is 178 Å². The summed E-state index contributed by atoms with van der Waals surface area (Å²) in [5.74, 6) is 0. The van der Waals surface area contributed by atoms with Gasteiger partial charge < -0.3 is 11.8 Å². The number of hydrogen-bond acceptors (Lipinski definition) is 1. The Bertz CT molecular complexity index is 660. The second kappa shape index (κ2) is 12.9. The number of allylic oxidation sites excluding steroid dienone is 4. The van der Waals surface area contributed by atoms with Crippen molar-refractivity contribution < 1.29 is 32.7 Å². The molecular weight excluding hydrogens is 379 g/mol. The molecule has 2 aromatic rings. The van der Waals surface area contributed by atoms with Crippen LogP contribution in [0.5, 0.6) is 0 Å². The molecule has 1 radical (unpaired) electrons. The Morgan fingerprint density at radius 1 is 0.880 bits per heavy atom. The third kappa shape index (κ3) is 7.99. The van der Waals surface area contributed by atoms with E-state index in [9.17, 15) is 0 Å². The van der Waals surface area contributed by atoms with Gasteiger partial charge in [0, 0.05) is 32.7 Å². The van der Waals surface area contributed by atoms with E-state index in [1.807, 2.05) is 47.5 Å². The zero-order chi connectivity index (χ0) is 17.0. The summed E-state index contributed by atoms with van der Waals surface area (Å²) in [6, 6.07) is 20.5. The predicted molar refractivity (Wildman–Crippen MR) is 105 cm³/mol. The second-order valence-electron chi connectivity index (χ2n) is 5.50. The molecule has 0 bridgehead atoms. The van der Waals surface area contributed by atoms with Crippen molar-refractivity contribution in [1.29, 1.82) is 0 Å². The summed E-state index contributed by atoms with van der Waals surface area (Å²) in [6.07, 6.45) is 13.5. The van der Waals surface area contributed by atoms with Crippen LogP contribution in [0.2, 0.25) is 0 Å². The van der Waals surface area contributed by atoms with Crippen molar-refractivity contribution in [1.82, 2.24) is 4.90 Å². The number of rotatable bonds is 1. The molecule has 1 heterocycles. The summed E-state index contributed by atoms with van der Waals surface area (Å²) in [7, 11) is 3.79. The van der Waals surface area contributed by atoms with Crippen LogP contribution in [-0.2, 0) is 39.1 Å². The van der Waals surface area contributed by atoms with Crippen molar-refractivity contribution in [2.24, 2.45) is 0 Å². The molecule has 2 aromatic carbocycles. The van der Waals surface area contributed by atoms with E-state index in [4.69, 9.17) is 0 Å². The van der Waals surface area contributed by atoms with Gasteiger partial charge in [-0.3, -0.25) is 7.05 Å². The minimum Gasteiger partial charge on any atom is -0.509 e. The van der Waals surface area contributed by atoms with Gasteiger partial charge in [-0.25, -0.2) is 0 Å². The van der Waals surface area contributed by atoms with Crippen molar-refractivity contribution >= 4 is 6.08 Å². The van der Waals surface area contributed by atoms with Crippen molar-refractivity contribution in [2.45, 2.75) is 19.3 Å². The molecule has 0 atom stereocenters. The van der Waals surface area contributed by atoms with Crippen LogP contribution in [0.15, 0.2) is 90.8 Å². The molecule has 127 valence electrons. The Balaban J connectivity index is 0.000000188. The summed E-state index contributed by atoms with van der Waals surface area (Å²) in [6.45, 7) is 3.78. The molecule has 0 fully saturated rings. The smallest absolute Gasteiger partial charge is 0 e. The molecule has 2 aliphatic rings. The van der Waals surface area contributed by atoms with Crippen molar-refractivity contribution in [3.05, 3.63) is 116 Å². The maximum absolute atomic E-state index is 3.79.